The van der Waals surface area contributed by atoms with Crippen LogP contribution in [0.15, 0.2) is 65.8 Å². The smallest absolute Gasteiger partial charge is 0.261 e. The lowest BCUT2D eigenvalue weighted by Gasteiger charge is -2.10. The number of aromatic nitrogens is 2. The van der Waals surface area contributed by atoms with Gasteiger partial charge in [0.25, 0.3) is 0 Å². The predicted octanol–water partition coefficient (Wildman–Crippen LogP) is 5.26. The molecule has 0 atom stereocenters. The second-order valence-electron chi connectivity index (χ2n) is 5.22. The third kappa shape index (κ3) is 4.37. The molecule has 4 nitrogen and oxygen atoms in total. The normalized spacial score (nSPS) is 11.7. The fraction of sp³-hybridized carbons (Fsp3) is 0.0556. The van der Waals surface area contributed by atoms with Crippen LogP contribution in [0.25, 0.3) is 11.4 Å². The Morgan fingerprint density at radius 1 is 0.962 bits per heavy atom. The minimum Gasteiger partial charge on any atom is -0.261 e. The van der Waals surface area contributed by atoms with Crippen molar-refractivity contribution in [2.75, 3.05) is 5.43 Å². The summed E-state index contributed by atoms with van der Waals surface area (Å²) in [5.41, 5.74) is 2.54. The van der Waals surface area contributed by atoms with Crippen LogP contribution in [-0.2, 0) is 6.18 Å². The van der Waals surface area contributed by atoms with Crippen molar-refractivity contribution < 1.29 is 13.2 Å². The third-order valence-corrected chi connectivity index (χ3v) is 3.68. The first-order chi connectivity index (χ1) is 12.4. The summed E-state index contributed by atoms with van der Waals surface area (Å²) in [7, 11) is 0. The molecule has 1 aromatic heterocycles. The van der Waals surface area contributed by atoms with Gasteiger partial charge in [0.15, 0.2) is 17.3 Å². The van der Waals surface area contributed by atoms with Gasteiger partial charge in [-0.3, -0.25) is 5.43 Å². The SMILES string of the molecule is FC(F)(F)c1cc(N/N=C/c2ccccc2Cl)nc(-c2ccccc2)n1. The maximum atomic E-state index is 13.1. The first kappa shape index (κ1) is 17.9. The molecule has 2 aromatic carbocycles. The number of hydrazone groups is 1. The van der Waals surface area contributed by atoms with E-state index in [9.17, 15) is 13.2 Å². The number of alkyl halides is 3. The second-order valence-corrected chi connectivity index (χ2v) is 5.62. The molecule has 0 aliphatic carbocycles. The van der Waals surface area contributed by atoms with E-state index >= 15 is 0 Å². The first-order valence-corrected chi connectivity index (χ1v) is 7.86. The molecule has 0 aliphatic heterocycles. The van der Waals surface area contributed by atoms with Crippen LogP contribution in [0.4, 0.5) is 19.0 Å². The lowest BCUT2D eigenvalue weighted by Crippen LogP contribution is -2.11. The van der Waals surface area contributed by atoms with Gasteiger partial charge in [0.05, 0.1) is 6.21 Å². The van der Waals surface area contributed by atoms with Crippen LogP contribution in [0.3, 0.4) is 0 Å². The third-order valence-electron chi connectivity index (χ3n) is 3.34. The van der Waals surface area contributed by atoms with Crippen molar-refractivity contribution in [3.05, 3.63) is 76.9 Å². The van der Waals surface area contributed by atoms with Crippen LogP contribution in [0, 0.1) is 0 Å². The Kier molecular flexibility index (Phi) is 5.18. The summed E-state index contributed by atoms with van der Waals surface area (Å²) in [6.45, 7) is 0. The number of nitrogens with one attached hydrogen (secondary N) is 1. The molecule has 0 fully saturated rings. The Bertz CT molecular complexity index is 927. The molecule has 132 valence electrons. The summed E-state index contributed by atoms with van der Waals surface area (Å²) < 4.78 is 39.4. The van der Waals surface area contributed by atoms with E-state index in [0.29, 0.717) is 16.1 Å². The van der Waals surface area contributed by atoms with E-state index in [1.165, 1.54) is 6.21 Å². The zero-order chi connectivity index (χ0) is 18.6. The van der Waals surface area contributed by atoms with E-state index in [0.717, 1.165) is 6.07 Å². The van der Waals surface area contributed by atoms with E-state index in [2.05, 4.69) is 20.5 Å². The fourth-order valence-corrected chi connectivity index (χ4v) is 2.30. The van der Waals surface area contributed by atoms with Gasteiger partial charge in [0.2, 0.25) is 0 Å². The Labute approximate surface area is 152 Å². The van der Waals surface area contributed by atoms with Gasteiger partial charge in [0.1, 0.15) is 0 Å². The number of benzene rings is 2. The molecule has 8 heteroatoms. The molecule has 3 rings (SSSR count). The Morgan fingerprint density at radius 3 is 2.35 bits per heavy atom. The molecule has 0 bridgehead atoms. The molecule has 1 heterocycles. The molecule has 0 saturated carbocycles. The van der Waals surface area contributed by atoms with Crippen LogP contribution in [0.5, 0.6) is 0 Å². The van der Waals surface area contributed by atoms with Crippen LogP contribution in [0.1, 0.15) is 11.3 Å². The number of anilines is 1. The number of halogens is 4. The summed E-state index contributed by atoms with van der Waals surface area (Å²) in [4.78, 5) is 7.71. The minimum absolute atomic E-state index is 0.0455. The van der Waals surface area contributed by atoms with E-state index in [1.54, 1.807) is 54.6 Å². The van der Waals surface area contributed by atoms with E-state index in [1.807, 2.05) is 0 Å². The molecular weight excluding hydrogens is 365 g/mol. The molecule has 0 radical (unpaired) electrons. The van der Waals surface area contributed by atoms with E-state index in [4.69, 9.17) is 11.6 Å². The minimum atomic E-state index is -4.60. The monoisotopic (exact) mass is 376 g/mol. The molecule has 0 spiro atoms. The maximum Gasteiger partial charge on any atom is 0.433 e. The fourth-order valence-electron chi connectivity index (χ4n) is 2.11. The van der Waals surface area contributed by atoms with Crippen LogP contribution in [0.2, 0.25) is 5.02 Å². The zero-order valence-electron chi connectivity index (χ0n) is 13.2. The maximum absolute atomic E-state index is 13.1. The zero-order valence-corrected chi connectivity index (χ0v) is 14.0. The van der Waals surface area contributed by atoms with Crippen molar-refractivity contribution in [3.63, 3.8) is 0 Å². The van der Waals surface area contributed by atoms with Crippen molar-refractivity contribution in [1.82, 2.24) is 9.97 Å². The Hall–Kier alpha value is -2.93. The second kappa shape index (κ2) is 7.53. The van der Waals surface area contributed by atoms with Crippen LogP contribution >= 0.6 is 11.6 Å². The van der Waals surface area contributed by atoms with Crippen LogP contribution in [-0.4, -0.2) is 16.2 Å². The van der Waals surface area contributed by atoms with Gasteiger partial charge in [-0.15, -0.1) is 0 Å². The van der Waals surface area contributed by atoms with Crippen molar-refractivity contribution in [3.8, 4) is 11.4 Å². The lowest BCUT2D eigenvalue weighted by molar-refractivity contribution is -0.141. The van der Waals surface area contributed by atoms with Gasteiger partial charge in [0, 0.05) is 22.2 Å². The highest BCUT2D eigenvalue weighted by Crippen LogP contribution is 2.30. The summed E-state index contributed by atoms with van der Waals surface area (Å²) in [6.07, 6.45) is -3.20. The molecule has 0 unspecified atom stereocenters. The van der Waals surface area contributed by atoms with E-state index < -0.39 is 11.9 Å². The molecule has 0 aliphatic rings. The summed E-state index contributed by atoms with van der Waals surface area (Å²) in [5, 5.41) is 4.39. The molecule has 3 aromatic rings. The van der Waals surface area contributed by atoms with Crippen molar-refractivity contribution in [2.24, 2.45) is 5.10 Å². The molecular formula is C18H12ClF3N4. The number of hydrogen-bond acceptors (Lipinski definition) is 4. The highest BCUT2D eigenvalue weighted by Gasteiger charge is 2.33. The average molecular weight is 377 g/mol. The van der Waals surface area contributed by atoms with Crippen molar-refractivity contribution in [1.29, 1.82) is 0 Å². The number of nitrogens with zero attached hydrogens (tertiary/aromatic N) is 3. The lowest BCUT2D eigenvalue weighted by atomic mass is 10.2. The largest absolute Gasteiger partial charge is 0.433 e. The topological polar surface area (TPSA) is 50.2 Å². The number of hydrogen-bond donors (Lipinski definition) is 1. The molecule has 0 saturated heterocycles. The van der Waals surface area contributed by atoms with E-state index in [-0.39, 0.29) is 11.6 Å². The highest BCUT2D eigenvalue weighted by atomic mass is 35.5. The van der Waals surface area contributed by atoms with Gasteiger partial charge in [-0.1, -0.05) is 60.1 Å². The first-order valence-electron chi connectivity index (χ1n) is 7.49. The standard InChI is InChI=1S/C18H12ClF3N4/c19-14-9-5-4-8-13(14)11-23-26-16-10-15(18(20,21)22)24-17(25-16)12-6-2-1-3-7-12/h1-11H,(H,24,25,26)/b23-11+. The average Bonchev–Trinajstić information content (AvgIpc) is 2.63. The van der Waals surface area contributed by atoms with Gasteiger partial charge in [-0.05, 0) is 6.07 Å². The van der Waals surface area contributed by atoms with Gasteiger partial charge in [-0.2, -0.15) is 18.3 Å². The quantitative estimate of drug-likeness (QED) is 0.499. The van der Waals surface area contributed by atoms with Crippen molar-refractivity contribution in [2.45, 2.75) is 6.18 Å². The predicted molar refractivity (Wildman–Crippen MR) is 95.1 cm³/mol. The Balaban J connectivity index is 1.92. The summed E-state index contributed by atoms with van der Waals surface area (Å²) in [6, 6.07) is 16.2. The number of rotatable bonds is 4. The van der Waals surface area contributed by atoms with Crippen molar-refractivity contribution >= 4 is 23.6 Å². The van der Waals surface area contributed by atoms with Gasteiger partial charge in [-0.25, -0.2) is 9.97 Å². The van der Waals surface area contributed by atoms with Crippen LogP contribution < -0.4 is 5.43 Å². The molecule has 1 N–H and O–H groups in total. The Morgan fingerprint density at radius 2 is 1.65 bits per heavy atom. The van der Waals surface area contributed by atoms with Gasteiger partial charge < -0.3 is 0 Å². The summed E-state index contributed by atoms with van der Waals surface area (Å²) in [5.74, 6) is -0.120. The molecule has 26 heavy (non-hydrogen) atoms. The summed E-state index contributed by atoms with van der Waals surface area (Å²) >= 11 is 6.00. The van der Waals surface area contributed by atoms with Gasteiger partial charge >= 0.3 is 6.18 Å². The molecule has 0 amide bonds. The highest BCUT2D eigenvalue weighted by molar-refractivity contribution is 6.33.